The number of hydrogen-bond acceptors (Lipinski definition) is 6. The predicted molar refractivity (Wildman–Crippen MR) is 107 cm³/mol. The minimum atomic E-state index is -1.10. The number of aromatic carboxylic acids is 1. The van der Waals surface area contributed by atoms with E-state index in [0.29, 0.717) is 31.4 Å². The van der Waals surface area contributed by atoms with Crippen molar-refractivity contribution in [2.75, 3.05) is 5.75 Å². The SMILES string of the molecule is O=C(O)CCC(=O)N1[C@H](C(=O)O)CSC12CCC(Oc1ccc(C(=O)O)cc1)CC2. The number of aliphatic carboxylic acids is 2. The van der Waals surface area contributed by atoms with Crippen molar-refractivity contribution < 1.29 is 39.2 Å². The van der Waals surface area contributed by atoms with Crippen LogP contribution in [-0.2, 0) is 14.4 Å². The van der Waals surface area contributed by atoms with Gasteiger partial charge >= 0.3 is 17.9 Å². The van der Waals surface area contributed by atoms with Gasteiger partial charge in [0.25, 0.3) is 0 Å². The summed E-state index contributed by atoms with van der Waals surface area (Å²) in [6, 6.07) is 5.17. The number of benzene rings is 1. The minimum absolute atomic E-state index is 0.133. The molecule has 0 unspecified atom stereocenters. The smallest absolute Gasteiger partial charge is 0.335 e. The first-order chi connectivity index (χ1) is 14.2. The Balaban J connectivity index is 1.66. The summed E-state index contributed by atoms with van der Waals surface area (Å²) in [7, 11) is 0. The number of nitrogens with zero attached hydrogens (tertiary/aromatic N) is 1. The molecule has 0 aromatic heterocycles. The summed E-state index contributed by atoms with van der Waals surface area (Å²) < 4.78 is 5.94. The molecule has 1 saturated carbocycles. The fourth-order valence-corrected chi connectivity index (χ4v) is 5.65. The Morgan fingerprint density at radius 3 is 2.20 bits per heavy atom. The Morgan fingerprint density at radius 1 is 1.03 bits per heavy atom. The maximum absolute atomic E-state index is 12.7. The van der Waals surface area contributed by atoms with Crippen LogP contribution in [0, 0.1) is 0 Å². The van der Waals surface area contributed by atoms with Crippen LogP contribution in [0.5, 0.6) is 5.75 Å². The first-order valence-corrected chi connectivity index (χ1v) is 10.6. The first-order valence-electron chi connectivity index (χ1n) is 9.62. The van der Waals surface area contributed by atoms with E-state index in [4.69, 9.17) is 14.9 Å². The maximum Gasteiger partial charge on any atom is 0.335 e. The maximum atomic E-state index is 12.7. The largest absolute Gasteiger partial charge is 0.490 e. The van der Waals surface area contributed by atoms with Gasteiger partial charge in [0.2, 0.25) is 5.91 Å². The van der Waals surface area contributed by atoms with E-state index in [2.05, 4.69) is 0 Å². The monoisotopic (exact) mass is 437 g/mol. The van der Waals surface area contributed by atoms with E-state index in [1.165, 1.54) is 28.8 Å². The molecule has 162 valence electrons. The fraction of sp³-hybridized carbons (Fsp3) is 0.500. The summed E-state index contributed by atoms with van der Waals surface area (Å²) in [5.41, 5.74) is 0.169. The molecule has 30 heavy (non-hydrogen) atoms. The van der Waals surface area contributed by atoms with Gasteiger partial charge < -0.3 is 25.0 Å². The van der Waals surface area contributed by atoms with E-state index in [9.17, 15) is 24.3 Å². The molecule has 1 aliphatic heterocycles. The third kappa shape index (κ3) is 4.69. The lowest BCUT2D eigenvalue weighted by Crippen LogP contribution is -2.54. The number of thioether (sulfide) groups is 1. The predicted octanol–water partition coefficient (Wildman–Crippen LogP) is 2.30. The lowest BCUT2D eigenvalue weighted by molar-refractivity contribution is -0.153. The van der Waals surface area contributed by atoms with Crippen LogP contribution in [0.15, 0.2) is 24.3 Å². The van der Waals surface area contributed by atoms with Crippen molar-refractivity contribution in [2.45, 2.75) is 55.5 Å². The molecular formula is C20H23NO8S. The van der Waals surface area contributed by atoms with Crippen molar-refractivity contribution in [3.05, 3.63) is 29.8 Å². The zero-order chi connectivity index (χ0) is 21.9. The molecule has 1 amide bonds. The number of carboxylic acids is 3. The molecule has 1 aromatic carbocycles. The van der Waals surface area contributed by atoms with Gasteiger partial charge in [0, 0.05) is 12.2 Å². The van der Waals surface area contributed by atoms with Gasteiger partial charge in [-0.05, 0) is 49.9 Å². The summed E-state index contributed by atoms with van der Waals surface area (Å²) >= 11 is 1.44. The van der Waals surface area contributed by atoms with Crippen LogP contribution in [0.1, 0.15) is 48.9 Å². The third-order valence-corrected chi connectivity index (χ3v) is 7.11. The lowest BCUT2D eigenvalue weighted by Gasteiger charge is -2.43. The highest BCUT2D eigenvalue weighted by atomic mass is 32.2. The zero-order valence-corrected chi connectivity index (χ0v) is 17.0. The zero-order valence-electron chi connectivity index (χ0n) is 16.2. The quantitative estimate of drug-likeness (QED) is 0.586. The van der Waals surface area contributed by atoms with E-state index in [1.54, 1.807) is 12.1 Å². The van der Waals surface area contributed by atoms with Crippen molar-refractivity contribution in [3.63, 3.8) is 0 Å². The molecule has 0 radical (unpaired) electrons. The normalized spacial score (nSPS) is 25.8. The highest BCUT2D eigenvalue weighted by Gasteiger charge is 2.53. The summed E-state index contributed by atoms with van der Waals surface area (Å²) in [6.45, 7) is 0. The van der Waals surface area contributed by atoms with Crippen LogP contribution in [0.2, 0.25) is 0 Å². The van der Waals surface area contributed by atoms with Crippen LogP contribution in [0.3, 0.4) is 0 Å². The highest BCUT2D eigenvalue weighted by Crippen LogP contribution is 2.49. The number of carboxylic acid groups (broad SMARTS) is 3. The third-order valence-electron chi connectivity index (χ3n) is 5.48. The molecule has 1 aromatic rings. The van der Waals surface area contributed by atoms with Gasteiger partial charge in [-0.1, -0.05) is 0 Å². The van der Waals surface area contributed by atoms with Crippen molar-refractivity contribution >= 4 is 35.6 Å². The summed E-state index contributed by atoms with van der Waals surface area (Å²) in [5.74, 6) is -2.81. The molecule has 2 fully saturated rings. The van der Waals surface area contributed by atoms with Gasteiger partial charge in [0.1, 0.15) is 11.8 Å². The Morgan fingerprint density at radius 2 is 1.67 bits per heavy atom. The number of rotatable bonds is 7. The number of carbonyl (C=O) groups is 4. The summed E-state index contributed by atoms with van der Waals surface area (Å²) in [6.07, 6.45) is 1.59. The second kappa shape index (κ2) is 8.95. The van der Waals surface area contributed by atoms with Crippen LogP contribution in [-0.4, -0.2) is 66.8 Å². The molecule has 1 saturated heterocycles. The topological polar surface area (TPSA) is 141 Å². The standard InChI is InChI=1S/C20H23NO8S/c22-16(5-6-17(23)24)21-15(19(27)28)11-30-20(21)9-7-14(8-10-20)29-13-3-1-12(2-4-13)18(25)26/h1-4,14-15H,5-11H2,(H,23,24)(H,25,26)(H,27,28)/t14?,15-,20?/m0/s1. The highest BCUT2D eigenvalue weighted by molar-refractivity contribution is 8.01. The lowest BCUT2D eigenvalue weighted by atomic mass is 9.90. The van der Waals surface area contributed by atoms with E-state index >= 15 is 0 Å². The average molecular weight is 437 g/mol. The molecular weight excluding hydrogens is 414 g/mol. The summed E-state index contributed by atoms with van der Waals surface area (Å²) in [4.78, 5) is 46.9. The van der Waals surface area contributed by atoms with Gasteiger partial charge in [-0.25, -0.2) is 9.59 Å². The molecule has 3 N–H and O–H groups in total. The van der Waals surface area contributed by atoms with Crippen LogP contribution >= 0.6 is 11.8 Å². The van der Waals surface area contributed by atoms with Crippen molar-refractivity contribution in [3.8, 4) is 5.75 Å². The van der Waals surface area contributed by atoms with Gasteiger partial charge in [-0.3, -0.25) is 9.59 Å². The first kappa shape index (κ1) is 21.9. The van der Waals surface area contributed by atoms with Crippen molar-refractivity contribution in [2.24, 2.45) is 0 Å². The number of hydrogen-bond donors (Lipinski definition) is 3. The van der Waals surface area contributed by atoms with Crippen molar-refractivity contribution in [1.82, 2.24) is 4.90 Å². The van der Waals surface area contributed by atoms with Crippen LogP contribution in [0.4, 0.5) is 0 Å². The molecule has 0 bridgehead atoms. The van der Waals surface area contributed by atoms with E-state index < -0.39 is 34.7 Å². The molecule has 1 atom stereocenters. The van der Waals surface area contributed by atoms with Gasteiger partial charge in [0.15, 0.2) is 0 Å². The molecule has 1 aliphatic carbocycles. The van der Waals surface area contributed by atoms with Crippen LogP contribution in [0.25, 0.3) is 0 Å². The van der Waals surface area contributed by atoms with Gasteiger partial charge in [0.05, 0.1) is 23.0 Å². The molecule has 3 rings (SSSR count). The minimum Gasteiger partial charge on any atom is -0.490 e. The van der Waals surface area contributed by atoms with Gasteiger partial charge in [-0.15, -0.1) is 11.8 Å². The van der Waals surface area contributed by atoms with E-state index in [0.717, 1.165) is 0 Å². The van der Waals surface area contributed by atoms with E-state index in [1.807, 2.05) is 0 Å². The summed E-state index contributed by atoms with van der Waals surface area (Å²) in [5, 5.41) is 27.4. The molecule has 1 spiro atoms. The number of ether oxygens (including phenoxy) is 1. The fourth-order valence-electron chi connectivity index (χ4n) is 3.99. The Hall–Kier alpha value is -2.75. The molecule has 2 aliphatic rings. The molecule has 10 heteroatoms. The average Bonchev–Trinajstić information content (AvgIpc) is 3.07. The Bertz CT molecular complexity index is 832. The van der Waals surface area contributed by atoms with Crippen LogP contribution < -0.4 is 4.74 Å². The second-order valence-electron chi connectivity index (χ2n) is 7.42. The Kier molecular flexibility index (Phi) is 6.55. The number of carbonyl (C=O) groups excluding carboxylic acids is 1. The second-order valence-corrected chi connectivity index (χ2v) is 8.80. The Labute approximate surface area is 177 Å². The van der Waals surface area contributed by atoms with Gasteiger partial charge in [-0.2, -0.15) is 0 Å². The van der Waals surface area contributed by atoms with Crippen molar-refractivity contribution in [1.29, 1.82) is 0 Å². The van der Waals surface area contributed by atoms with E-state index in [-0.39, 0.29) is 30.3 Å². The number of amides is 1. The molecule has 9 nitrogen and oxygen atoms in total. The molecule has 1 heterocycles.